The Balaban J connectivity index is 2.36. The average molecular weight is 244 g/mol. The summed E-state index contributed by atoms with van der Waals surface area (Å²) >= 11 is 0. The molecule has 1 saturated heterocycles. The normalized spacial score (nSPS) is 26.2. The van der Waals surface area contributed by atoms with Crippen LogP contribution >= 0.6 is 0 Å². The van der Waals surface area contributed by atoms with E-state index in [4.69, 9.17) is 4.74 Å². The maximum Gasteiger partial charge on any atom is 0.227 e. The third-order valence-electron chi connectivity index (χ3n) is 3.14. The molecule has 17 heavy (non-hydrogen) atoms. The number of likely N-dealkylation sites (N-methyl/N-ethyl adjacent to an activating group) is 1. The fourth-order valence-corrected chi connectivity index (χ4v) is 1.85. The number of hydrogen-bond acceptors (Lipinski definition) is 4. The third-order valence-corrected chi connectivity index (χ3v) is 3.14. The number of aliphatic hydroxyl groups excluding tert-OH is 1. The van der Waals surface area contributed by atoms with Gasteiger partial charge in [0.1, 0.15) is 0 Å². The van der Waals surface area contributed by atoms with Crippen molar-refractivity contribution in [2.45, 2.75) is 32.9 Å². The predicted octanol–water partition coefficient (Wildman–Crippen LogP) is -0.256. The molecule has 0 radical (unpaired) electrons. The topological polar surface area (TPSA) is 70.6 Å². The van der Waals surface area contributed by atoms with Gasteiger partial charge in [-0.05, 0) is 12.5 Å². The first-order valence-corrected chi connectivity index (χ1v) is 6.33. The van der Waals surface area contributed by atoms with Gasteiger partial charge in [0.15, 0.2) is 0 Å². The SMILES string of the molecule is CCNC1COCC1C(=O)NCC(O)C(C)C. The molecule has 1 aliphatic rings. The first-order valence-electron chi connectivity index (χ1n) is 6.33. The molecule has 0 aliphatic carbocycles. The monoisotopic (exact) mass is 244 g/mol. The van der Waals surface area contributed by atoms with E-state index >= 15 is 0 Å². The van der Waals surface area contributed by atoms with Gasteiger partial charge in [0.2, 0.25) is 5.91 Å². The number of carbonyl (C=O) groups excluding carboxylic acids is 1. The Morgan fingerprint density at radius 2 is 2.18 bits per heavy atom. The molecule has 0 bridgehead atoms. The Kier molecular flexibility index (Phi) is 5.88. The number of carbonyl (C=O) groups is 1. The van der Waals surface area contributed by atoms with Gasteiger partial charge in [-0.1, -0.05) is 20.8 Å². The third kappa shape index (κ3) is 4.26. The maximum absolute atomic E-state index is 11.9. The van der Waals surface area contributed by atoms with Crippen LogP contribution in [0.2, 0.25) is 0 Å². The maximum atomic E-state index is 11.9. The number of aliphatic hydroxyl groups is 1. The van der Waals surface area contributed by atoms with Gasteiger partial charge in [-0.25, -0.2) is 0 Å². The summed E-state index contributed by atoms with van der Waals surface area (Å²) in [6.07, 6.45) is -0.487. The van der Waals surface area contributed by atoms with Gasteiger partial charge < -0.3 is 20.5 Å². The van der Waals surface area contributed by atoms with Crippen molar-refractivity contribution < 1.29 is 14.6 Å². The summed E-state index contributed by atoms with van der Waals surface area (Å²) in [5, 5.41) is 15.6. The van der Waals surface area contributed by atoms with Crippen LogP contribution in [0.4, 0.5) is 0 Å². The molecule has 3 N–H and O–H groups in total. The Morgan fingerprint density at radius 3 is 2.76 bits per heavy atom. The van der Waals surface area contributed by atoms with E-state index < -0.39 is 6.10 Å². The standard InChI is InChI=1S/C12H24N2O3/c1-4-13-10-7-17-6-9(10)12(16)14-5-11(15)8(2)3/h8-11,13,15H,4-7H2,1-3H3,(H,14,16). The first kappa shape index (κ1) is 14.4. The lowest BCUT2D eigenvalue weighted by Gasteiger charge is -2.20. The molecule has 1 rings (SSSR count). The minimum atomic E-state index is -0.487. The summed E-state index contributed by atoms with van der Waals surface area (Å²) in [5.74, 6) is -0.0258. The predicted molar refractivity (Wildman–Crippen MR) is 65.6 cm³/mol. The second-order valence-electron chi connectivity index (χ2n) is 4.86. The fraction of sp³-hybridized carbons (Fsp3) is 0.917. The summed E-state index contributed by atoms with van der Waals surface area (Å²) in [6, 6.07) is 0.0937. The van der Waals surface area contributed by atoms with Gasteiger partial charge in [-0.3, -0.25) is 4.79 Å². The highest BCUT2D eigenvalue weighted by Crippen LogP contribution is 2.13. The van der Waals surface area contributed by atoms with E-state index in [0.717, 1.165) is 6.54 Å². The summed E-state index contributed by atoms with van der Waals surface area (Å²) in [4.78, 5) is 11.9. The molecular formula is C12H24N2O3. The number of rotatable bonds is 6. The second kappa shape index (κ2) is 6.93. The number of ether oxygens (including phenoxy) is 1. The molecule has 0 aromatic carbocycles. The quantitative estimate of drug-likeness (QED) is 0.602. The van der Waals surface area contributed by atoms with E-state index in [-0.39, 0.29) is 23.8 Å². The van der Waals surface area contributed by atoms with Crippen LogP contribution in [0.5, 0.6) is 0 Å². The van der Waals surface area contributed by atoms with Crippen LogP contribution < -0.4 is 10.6 Å². The average Bonchev–Trinajstić information content (AvgIpc) is 2.74. The van der Waals surface area contributed by atoms with E-state index in [1.54, 1.807) is 0 Å². The zero-order chi connectivity index (χ0) is 12.8. The van der Waals surface area contributed by atoms with Crippen LogP contribution in [0.1, 0.15) is 20.8 Å². The van der Waals surface area contributed by atoms with Crippen molar-refractivity contribution in [3.63, 3.8) is 0 Å². The van der Waals surface area contributed by atoms with Crippen LogP contribution in [0.25, 0.3) is 0 Å². The van der Waals surface area contributed by atoms with Gasteiger partial charge in [0.05, 0.1) is 25.2 Å². The van der Waals surface area contributed by atoms with E-state index in [2.05, 4.69) is 10.6 Å². The van der Waals surface area contributed by atoms with Crippen LogP contribution in [-0.4, -0.2) is 49.5 Å². The first-order chi connectivity index (χ1) is 8.06. The Bertz CT molecular complexity index is 246. The van der Waals surface area contributed by atoms with Gasteiger partial charge >= 0.3 is 0 Å². The molecule has 1 aliphatic heterocycles. The minimum Gasteiger partial charge on any atom is -0.391 e. The molecule has 0 saturated carbocycles. The number of amides is 1. The van der Waals surface area contributed by atoms with E-state index in [0.29, 0.717) is 19.8 Å². The van der Waals surface area contributed by atoms with Crippen molar-refractivity contribution in [2.75, 3.05) is 26.3 Å². The molecule has 3 unspecified atom stereocenters. The largest absolute Gasteiger partial charge is 0.391 e. The van der Waals surface area contributed by atoms with E-state index in [9.17, 15) is 9.90 Å². The Hall–Kier alpha value is -0.650. The summed E-state index contributed by atoms with van der Waals surface area (Å²) in [5.41, 5.74) is 0. The highest BCUT2D eigenvalue weighted by Gasteiger charge is 2.33. The van der Waals surface area contributed by atoms with E-state index in [1.165, 1.54) is 0 Å². The zero-order valence-corrected chi connectivity index (χ0v) is 10.9. The molecular weight excluding hydrogens is 220 g/mol. The molecule has 5 nitrogen and oxygen atoms in total. The smallest absolute Gasteiger partial charge is 0.227 e. The molecule has 0 aromatic heterocycles. The van der Waals surface area contributed by atoms with Crippen LogP contribution in [-0.2, 0) is 9.53 Å². The molecule has 1 heterocycles. The molecule has 0 spiro atoms. The van der Waals surface area contributed by atoms with Crippen LogP contribution in [0, 0.1) is 11.8 Å². The number of hydrogen-bond donors (Lipinski definition) is 3. The zero-order valence-electron chi connectivity index (χ0n) is 10.9. The number of nitrogens with one attached hydrogen (secondary N) is 2. The van der Waals surface area contributed by atoms with Crippen molar-refractivity contribution in [2.24, 2.45) is 11.8 Å². The Labute approximate surface area is 103 Å². The van der Waals surface area contributed by atoms with Crippen molar-refractivity contribution in [3.8, 4) is 0 Å². The fourth-order valence-electron chi connectivity index (χ4n) is 1.85. The summed E-state index contributed by atoms with van der Waals surface area (Å²) < 4.78 is 5.31. The van der Waals surface area contributed by atoms with E-state index in [1.807, 2.05) is 20.8 Å². The summed E-state index contributed by atoms with van der Waals surface area (Å²) in [6.45, 7) is 8.04. The molecule has 1 amide bonds. The highest BCUT2D eigenvalue weighted by molar-refractivity contribution is 5.79. The minimum absolute atomic E-state index is 0.0341. The van der Waals surface area contributed by atoms with Crippen molar-refractivity contribution in [3.05, 3.63) is 0 Å². The van der Waals surface area contributed by atoms with Gasteiger partial charge in [0, 0.05) is 12.6 Å². The highest BCUT2D eigenvalue weighted by atomic mass is 16.5. The second-order valence-corrected chi connectivity index (χ2v) is 4.86. The van der Waals surface area contributed by atoms with Gasteiger partial charge in [-0.2, -0.15) is 0 Å². The van der Waals surface area contributed by atoms with Crippen molar-refractivity contribution >= 4 is 5.91 Å². The lowest BCUT2D eigenvalue weighted by Crippen LogP contribution is -2.46. The molecule has 3 atom stereocenters. The van der Waals surface area contributed by atoms with Gasteiger partial charge in [0.25, 0.3) is 0 Å². The molecule has 100 valence electrons. The lowest BCUT2D eigenvalue weighted by atomic mass is 10.0. The van der Waals surface area contributed by atoms with Crippen molar-refractivity contribution in [1.29, 1.82) is 0 Å². The lowest BCUT2D eigenvalue weighted by molar-refractivity contribution is -0.126. The van der Waals surface area contributed by atoms with Crippen LogP contribution in [0.15, 0.2) is 0 Å². The molecule has 0 aromatic rings. The van der Waals surface area contributed by atoms with Crippen molar-refractivity contribution in [1.82, 2.24) is 10.6 Å². The van der Waals surface area contributed by atoms with Gasteiger partial charge in [-0.15, -0.1) is 0 Å². The summed E-state index contributed by atoms with van der Waals surface area (Å²) in [7, 11) is 0. The molecule has 5 heteroatoms. The Morgan fingerprint density at radius 1 is 1.47 bits per heavy atom. The van der Waals surface area contributed by atoms with Crippen LogP contribution in [0.3, 0.4) is 0 Å². The molecule has 1 fully saturated rings.